The van der Waals surface area contributed by atoms with Crippen LogP contribution in [0.1, 0.15) is 99.3 Å². The number of aliphatic hydroxyl groups excluding tert-OH is 3. The molecular formula is C30H50O5. The first-order valence-corrected chi connectivity index (χ1v) is 14.4. The van der Waals surface area contributed by atoms with Gasteiger partial charge in [0, 0.05) is 6.61 Å². The highest BCUT2D eigenvalue weighted by Gasteiger charge is 2.72. The molecule has 5 heteroatoms. The van der Waals surface area contributed by atoms with Crippen LogP contribution in [0.5, 0.6) is 0 Å². The zero-order chi connectivity index (χ0) is 25.8. The van der Waals surface area contributed by atoms with Crippen molar-refractivity contribution in [3.05, 3.63) is 0 Å². The molecule has 0 aromatic rings. The molecule has 0 aromatic carbocycles. The van der Waals surface area contributed by atoms with Gasteiger partial charge in [-0.3, -0.25) is 4.79 Å². The summed E-state index contributed by atoms with van der Waals surface area (Å²) in [5.41, 5.74) is -1.13. The summed E-state index contributed by atoms with van der Waals surface area (Å²) in [6, 6.07) is 0. The Bertz CT molecular complexity index is 871. The highest BCUT2D eigenvalue weighted by Crippen LogP contribution is 2.77. The van der Waals surface area contributed by atoms with Crippen molar-refractivity contribution in [2.75, 3.05) is 6.61 Å². The van der Waals surface area contributed by atoms with Gasteiger partial charge >= 0.3 is 5.97 Å². The SMILES string of the molecule is C[C@H]1[C@H](CO)CC[C@]2(C(=O)O)CC[C@]3(C)[C@H](CC[C@@H]4[C@@]5(C)CC[C@@H](O)C(C)(C)[C@@H]5[C@@H](O)C[C@]43C)[C@H]12. The highest BCUT2D eigenvalue weighted by molar-refractivity contribution is 5.75. The molecule has 0 aromatic heterocycles. The monoisotopic (exact) mass is 490 g/mol. The van der Waals surface area contributed by atoms with Gasteiger partial charge in [0.25, 0.3) is 0 Å². The predicted octanol–water partition coefficient (Wildman–Crippen LogP) is 5.11. The minimum Gasteiger partial charge on any atom is -0.481 e. The Morgan fingerprint density at radius 1 is 0.886 bits per heavy atom. The smallest absolute Gasteiger partial charge is 0.309 e. The molecule has 0 heterocycles. The second-order valence-electron chi connectivity index (χ2n) is 15.0. The number of aliphatic hydroxyl groups is 3. The van der Waals surface area contributed by atoms with Crippen LogP contribution in [0.2, 0.25) is 0 Å². The summed E-state index contributed by atoms with van der Waals surface area (Å²) in [5.74, 6) is 0.656. The minimum absolute atomic E-state index is 0.0315. The largest absolute Gasteiger partial charge is 0.481 e. The molecule has 0 bridgehead atoms. The van der Waals surface area contributed by atoms with Crippen molar-refractivity contribution < 1.29 is 25.2 Å². The van der Waals surface area contributed by atoms with Gasteiger partial charge in [0.2, 0.25) is 0 Å². The minimum atomic E-state index is -0.672. The zero-order valence-electron chi connectivity index (χ0n) is 22.9. The molecule has 5 aliphatic rings. The van der Waals surface area contributed by atoms with Crippen molar-refractivity contribution in [2.45, 2.75) is 112 Å². The van der Waals surface area contributed by atoms with Gasteiger partial charge in [0.1, 0.15) is 0 Å². The molecule has 5 nitrogen and oxygen atoms in total. The lowest BCUT2D eigenvalue weighted by Gasteiger charge is -2.74. The lowest BCUT2D eigenvalue weighted by atomic mass is 9.30. The topological polar surface area (TPSA) is 98.0 Å². The van der Waals surface area contributed by atoms with E-state index in [1.807, 2.05) is 0 Å². The number of fused-ring (bicyclic) bond motifs is 7. The van der Waals surface area contributed by atoms with Crippen molar-refractivity contribution >= 4 is 5.97 Å². The molecule has 200 valence electrons. The third-order valence-electron chi connectivity index (χ3n) is 13.9. The third-order valence-corrected chi connectivity index (χ3v) is 13.9. The van der Waals surface area contributed by atoms with E-state index in [1.165, 1.54) is 0 Å². The van der Waals surface area contributed by atoms with Crippen molar-refractivity contribution in [3.63, 3.8) is 0 Å². The van der Waals surface area contributed by atoms with Crippen molar-refractivity contribution in [3.8, 4) is 0 Å². The molecule has 0 unspecified atom stereocenters. The second kappa shape index (κ2) is 7.93. The van der Waals surface area contributed by atoms with Crippen molar-refractivity contribution in [1.29, 1.82) is 0 Å². The van der Waals surface area contributed by atoms with Gasteiger partial charge in [0.05, 0.1) is 17.6 Å². The van der Waals surface area contributed by atoms with Gasteiger partial charge in [-0.2, -0.15) is 0 Å². The van der Waals surface area contributed by atoms with Crippen LogP contribution >= 0.6 is 0 Å². The van der Waals surface area contributed by atoms with E-state index < -0.39 is 17.5 Å². The van der Waals surface area contributed by atoms with Crippen molar-refractivity contribution in [1.82, 2.24) is 0 Å². The Kier molecular flexibility index (Phi) is 5.88. The molecule has 5 aliphatic carbocycles. The maximum absolute atomic E-state index is 12.9. The van der Waals surface area contributed by atoms with Gasteiger partial charge in [-0.25, -0.2) is 0 Å². The summed E-state index contributed by atoms with van der Waals surface area (Å²) in [6.07, 6.45) is 6.87. The van der Waals surface area contributed by atoms with E-state index in [1.54, 1.807) is 0 Å². The van der Waals surface area contributed by atoms with Crippen LogP contribution in [0, 0.1) is 62.6 Å². The number of aliphatic carboxylic acids is 1. The molecular weight excluding hydrogens is 440 g/mol. The standard InChI is InChI=1S/C30H50O5/c1-17-18(16-31)9-12-30(25(34)35)14-13-28(5)19(23(17)30)7-8-21-27(4)11-10-22(33)26(2,3)24(27)20(32)15-29(21,28)6/h17-24,31-33H,7-16H2,1-6H3,(H,34,35)/t17-,18-,19+,20-,21+,22+,23-,24-,27+,28+,29+,30-/m0/s1. The molecule has 35 heavy (non-hydrogen) atoms. The number of hydrogen-bond acceptors (Lipinski definition) is 4. The van der Waals surface area contributed by atoms with E-state index in [2.05, 4.69) is 41.5 Å². The Morgan fingerprint density at radius 2 is 1.57 bits per heavy atom. The number of carboxylic acid groups (broad SMARTS) is 1. The van der Waals surface area contributed by atoms with E-state index >= 15 is 0 Å². The molecule has 0 radical (unpaired) electrons. The molecule has 0 aliphatic heterocycles. The first-order chi connectivity index (χ1) is 16.2. The molecule has 12 atom stereocenters. The van der Waals surface area contributed by atoms with Crippen LogP contribution in [0.15, 0.2) is 0 Å². The van der Waals surface area contributed by atoms with Gasteiger partial charge < -0.3 is 20.4 Å². The average molecular weight is 491 g/mol. The zero-order valence-corrected chi connectivity index (χ0v) is 22.9. The summed E-state index contributed by atoms with van der Waals surface area (Å²) in [7, 11) is 0. The van der Waals surface area contributed by atoms with E-state index in [0.717, 1.165) is 44.9 Å². The van der Waals surface area contributed by atoms with Crippen LogP contribution in [0.4, 0.5) is 0 Å². The van der Waals surface area contributed by atoms with Crippen LogP contribution in [0.25, 0.3) is 0 Å². The fraction of sp³-hybridized carbons (Fsp3) is 0.967. The summed E-state index contributed by atoms with van der Waals surface area (Å²) in [6.45, 7) is 13.9. The Labute approximate surface area is 212 Å². The summed E-state index contributed by atoms with van der Waals surface area (Å²) in [4.78, 5) is 12.9. The lowest BCUT2D eigenvalue weighted by Crippen LogP contribution is -2.70. The normalized spacial score (nSPS) is 57.3. The maximum atomic E-state index is 12.9. The molecule has 5 fully saturated rings. The number of rotatable bonds is 2. The Morgan fingerprint density at radius 3 is 2.20 bits per heavy atom. The molecule has 0 saturated heterocycles. The quantitative estimate of drug-likeness (QED) is 0.431. The van der Waals surface area contributed by atoms with Crippen LogP contribution < -0.4 is 0 Å². The van der Waals surface area contributed by atoms with E-state index in [4.69, 9.17) is 0 Å². The van der Waals surface area contributed by atoms with Gasteiger partial charge in [0.15, 0.2) is 0 Å². The molecule has 5 rings (SSSR count). The first kappa shape index (κ1) is 26.0. The van der Waals surface area contributed by atoms with Gasteiger partial charge in [-0.15, -0.1) is 0 Å². The first-order valence-electron chi connectivity index (χ1n) is 14.4. The number of carbonyl (C=O) groups is 1. The fourth-order valence-electron chi connectivity index (χ4n) is 12.0. The van der Waals surface area contributed by atoms with E-state index in [9.17, 15) is 25.2 Å². The van der Waals surface area contributed by atoms with Gasteiger partial charge in [-0.1, -0.05) is 41.5 Å². The lowest BCUT2D eigenvalue weighted by molar-refractivity contribution is -0.282. The number of carboxylic acids is 1. The maximum Gasteiger partial charge on any atom is 0.309 e. The Balaban J connectivity index is 1.58. The van der Waals surface area contributed by atoms with E-state index in [-0.39, 0.29) is 58.0 Å². The van der Waals surface area contributed by atoms with Gasteiger partial charge in [-0.05, 0) is 115 Å². The third kappa shape index (κ3) is 3.07. The molecule has 4 N–H and O–H groups in total. The summed E-state index contributed by atoms with van der Waals surface area (Å²) in [5, 5.41) is 43.4. The molecule has 5 saturated carbocycles. The Hall–Kier alpha value is -0.650. The highest BCUT2D eigenvalue weighted by atomic mass is 16.4. The fourth-order valence-corrected chi connectivity index (χ4v) is 12.0. The number of hydrogen-bond donors (Lipinski definition) is 4. The van der Waals surface area contributed by atoms with Crippen LogP contribution in [-0.4, -0.2) is 45.2 Å². The average Bonchev–Trinajstić information content (AvgIpc) is 2.76. The predicted molar refractivity (Wildman–Crippen MR) is 135 cm³/mol. The summed E-state index contributed by atoms with van der Waals surface area (Å²) < 4.78 is 0. The van der Waals surface area contributed by atoms with Crippen molar-refractivity contribution in [2.24, 2.45) is 62.6 Å². The molecule has 0 amide bonds. The van der Waals surface area contributed by atoms with E-state index in [0.29, 0.717) is 24.7 Å². The van der Waals surface area contributed by atoms with Crippen LogP contribution in [-0.2, 0) is 4.79 Å². The second-order valence-corrected chi connectivity index (χ2v) is 15.0. The van der Waals surface area contributed by atoms with Crippen LogP contribution in [0.3, 0.4) is 0 Å². The molecule has 0 spiro atoms. The summed E-state index contributed by atoms with van der Waals surface area (Å²) >= 11 is 0.